The standard InChI is InChI=1S/C13H22N4O/c1-2-17-12(15-10-16-17)11(18)8-13(9-14)6-4-3-5-7-13/h10H,2-9,14H2,1H3. The Bertz CT molecular complexity index is 407. The van der Waals surface area contributed by atoms with Crippen molar-refractivity contribution in [1.82, 2.24) is 14.8 Å². The second kappa shape index (κ2) is 5.61. The zero-order valence-corrected chi connectivity index (χ0v) is 11.1. The first kappa shape index (κ1) is 13.2. The van der Waals surface area contributed by atoms with Crippen molar-refractivity contribution in [2.45, 2.75) is 52.0 Å². The van der Waals surface area contributed by atoms with Gasteiger partial charge in [0.25, 0.3) is 0 Å². The monoisotopic (exact) mass is 250 g/mol. The Morgan fingerprint density at radius 2 is 2.17 bits per heavy atom. The molecular formula is C13H22N4O. The van der Waals surface area contributed by atoms with Crippen LogP contribution in [-0.4, -0.2) is 27.1 Å². The molecule has 0 aromatic carbocycles. The van der Waals surface area contributed by atoms with Crippen molar-refractivity contribution in [3.8, 4) is 0 Å². The highest BCUT2D eigenvalue weighted by Crippen LogP contribution is 2.39. The predicted octanol–water partition coefficient (Wildman–Crippen LogP) is 1.78. The molecule has 0 unspecified atom stereocenters. The summed E-state index contributed by atoms with van der Waals surface area (Å²) in [6, 6.07) is 0. The van der Waals surface area contributed by atoms with Crippen molar-refractivity contribution in [3.63, 3.8) is 0 Å². The summed E-state index contributed by atoms with van der Waals surface area (Å²) in [4.78, 5) is 16.4. The maximum Gasteiger partial charge on any atom is 0.200 e. The molecule has 100 valence electrons. The van der Waals surface area contributed by atoms with Gasteiger partial charge in [-0.05, 0) is 31.7 Å². The van der Waals surface area contributed by atoms with Gasteiger partial charge in [0.05, 0.1) is 0 Å². The van der Waals surface area contributed by atoms with Gasteiger partial charge in [-0.3, -0.25) is 4.79 Å². The number of aryl methyl sites for hydroxylation is 1. The summed E-state index contributed by atoms with van der Waals surface area (Å²) < 4.78 is 1.66. The summed E-state index contributed by atoms with van der Waals surface area (Å²) in [5, 5.41) is 4.05. The fourth-order valence-corrected chi connectivity index (χ4v) is 2.89. The van der Waals surface area contributed by atoms with Crippen molar-refractivity contribution in [1.29, 1.82) is 0 Å². The molecule has 1 aromatic heterocycles. The molecule has 1 aliphatic carbocycles. The average Bonchev–Trinajstić information content (AvgIpc) is 2.88. The lowest BCUT2D eigenvalue weighted by Gasteiger charge is -2.35. The first-order valence-electron chi connectivity index (χ1n) is 6.82. The first-order chi connectivity index (χ1) is 8.71. The van der Waals surface area contributed by atoms with Gasteiger partial charge in [-0.15, -0.1) is 0 Å². The number of carbonyl (C=O) groups is 1. The Hall–Kier alpha value is -1.23. The fourth-order valence-electron chi connectivity index (χ4n) is 2.89. The fraction of sp³-hybridized carbons (Fsp3) is 0.769. The topological polar surface area (TPSA) is 73.8 Å². The number of nitrogens with zero attached hydrogens (tertiary/aromatic N) is 3. The van der Waals surface area contributed by atoms with E-state index in [0.717, 1.165) is 12.8 Å². The molecule has 5 heteroatoms. The quantitative estimate of drug-likeness (QED) is 0.808. The van der Waals surface area contributed by atoms with E-state index in [-0.39, 0.29) is 11.2 Å². The Morgan fingerprint density at radius 1 is 1.44 bits per heavy atom. The molecule has 0 bridgehead atoms. The lowest BCUT2D eigenvalue weighted by Crippen LogP contribution is -2.35. The minimum Gasteiger partial charge on any atom is -0.330 e. The minimum absolute atomic E-state index is 0.000144. The van der Waals surface area contributed by atoms with E-state index in [9.17, 15) is 4.79 Å². The molecule has 0 saturated heterocycles. The Kier molecular flexibility index (Phi) is 4.11. The van der Waals surface area contributed by atoms with Crippen LogP contribution in [0.25, 0.3) is 0 Å². The largest absolute Gasteiger partial charge is 0.330 e. The highest BCUT2D eigenvalue weighted by atomic mass is 16.1. The van der Waals surface area contributed by atoms with Gasteiger partial charge in [0.1, 0.15) is 6.33 Å². The molecule has 1 aliphatic rings. The zero-order chi connectivity index (χ0) is 13.0. The Labute approximate surface area is 108 Å². The third-order valence-corrected chi connectivity index (χ3v) is 4.05. The molecule has 0 spiro atoms. The lowest BCUT2D eigenvalue weighted by atomic mass is 9.71. The molecule has 0 atom stereocenters. The molecule has 2 rings (SSSR count). The summed E-state index contributed by atoms with van der Waals surface area (Å²) in [5.41, 5.74) is 5.92. The molecule has 0 amide bonds. The summed E-state index contributed by atoms with van der Waals surface area (Å²) in [5.74, 6) is 0.567. The minimum atomic E-state index is -0.000144. The first-order valence-corrected chi connectivity index (χ1v) is 6.82. The van der Waals surface area contributed by atoms with Crippen LogP contribution >= 0.6 is 0 Å². The number of ketones is 1. The van der Waals surface area contributed by atoms with Crippen LogP contribution in [-0.2, 0) is 6.54 Å². The molecule has 18 heavy (non-hydrogen) atoms. The van der Waals surface area contributed by atoms with Crippen LogP contribution in [0.2, 0.25) is 0 Å². The van der Waals surface area contributed by atoms with Gasteiger partial charge in [0, 0.05) is 13.0 Å². The van der Waals surface area contributed by atoms with Crippen LogP contribution in [0, 0.1) is 5.41 Å². The average molecular weight is 250 g/mol. The third-order valence-electron chi connectivity index (χ3n) is 4.05. The molecule has 1 saturated carbocycles. The van der Waals surface area contributed by atoms with Crippen LogP contribution < -0.4 is 5.73 Å². The maximum absolute atomic E-state index is 12.3. The number of aromatic nitrogens is 3. The smallest absolute Gasteiger partial charge is 0.200 e. The second-order valence-corrected chi connectivity index (χ2v) is 5.26. The molecule has 5 nitrogen and oxygen atoms in total. The van der Waals surface area contributed by atoms with Crippen molar-refractivity contribution in [2.75, 3.05) is 6.54 Å². The van der Waals surface area contributed by atoms with E-state index in [1.165, 1.54) is 25.6 Å². The molecule has 1 heterocycles. The zero-order valence-electron chi connectivity index (χ0n) is 11.1. The SMILES string of the molecule is CCn1ncnc1C(=O)CC1(CN)CCCCC1. The summed E-state index contributed by atoms with van der Waals surface area (Å²) in [7, 11) is 0. The van der Waals surface area contributed by atoms with Crippen molar-refractivity contribution in [2.24, 2.45) is 11.1 Å². The van der Waals surface area contributed by atoms with Crippen LogP contribution in [0.4, 0.5) is 0 Å². The van der Waals surface area contributed by atoms with Gasteiger partial charge in [0.15, 0.2) is 11.6 Å². The van der Waals surface area contributed by atoms with Gasteiger partial charge in [-0.25, -0.2) is 9.67 Å². The van der Waals surface area contributed by atoms with Crippen LogP contribution in [0.3, 0.4) is 0 Å². The van der Waals surface area contributed by atoms with E-state index in [2.05, 4.69) is 10.1 Å². The summed E-state index contributed by atoms with van der Waals surface area (Å²) >= 11 is 0. The Balaban J connectivity index is 2.10. The number of hydrogen-bond donors (Lipinski definition) is 1. The predicted molar refractivity (Wildman–Crippen MR) is 69.2 cm³/mol. The van der Waals surface area contributed by atoms with E-state index >= 15 is 0 Å². The molecule has 2 N–H and O–H groups in total. The molecular weight excluding hydrogens is 228 g/mol. The summed E-state index contributed by atoms with van der Waals surface area (Å²) in [6.07, 6.45) is 7.73. The van der Waals surface area contributed by atoms with Gasteiger partial charge >= 0.3 is 0 Å². The number of carbonyl (C=O) groups excluding carboxylic acids is 1. The third kappa shape index (κ3) is 2.61. The van der Waals surface area contributed by atoms with Crippen LogP contribution in [0.15, 0.2) is 6.33 Å². The van der Waals surface area contributed by atoms with Gasteiger partial charge in [0.2, 0.25) is 0 Å². The number of nitrogens with two attached hydrogens (primary N) is 1. The molecule has 0 radical (unpaired) electrons. The number of Topliss-reactive ketones (excluding diaryl/α,β-unsaturated/α-hetero) is 1. The number of rotatable bonds is 5. The van der Waals surface area contributed by atoms with Gasteiger partial charge in [-0.2, -0.15) is 5.10 Å². The van der Waals surface area contributed by atoms with Crippen LogP contribution in [0.1, 0.15) is 56.1 Å². The van der Waals surface area contributed by atoms with E-state index < -0.39 is 0 Å². The summed E-state index contributed by atoms with van der Waals surface area (Å²) in [6.45, 7) is 3.24. The van der Waals surface area contributed by atoms with E-state index in [1.807, 2.05) is 6.92 Å². The van der Waals surface area contributed by atoms with Crippen LogP contribution in [0.5, 0.6) is 0 Å². The normalized spacial score (nSPS) is 18.8. The van der Waals surface area contributed by atoms with Crippen molar-refractivity contribution < 1.29 is 4.79 Å². The second-order valence-electron chi connectivity index (χ2n) is 5.26. The number of hydrogen-bond acceptors (Lipinski definition) is 4. The molecule has 1 fully saturated rings. The molecule has 1 aromatic rings. The Morgan fingerprint density at radius 3 is 2.78 bits per heavy atom. The lowest BCUT2D eigenvalue weighted by molar-refractivity contribution is 0.0852. The van der Waals surface area contributed by atoms with Gasteiger partial charge < -0.3 is 5.73 Å². The van der Waals surface area contributed by atoms with Crippen molar-refractivity contribution >= 4 is 5.78 Å². The van der Waals surface area contributed by atoms with E-state index in [4.69, 9.17) is 5.73 Å². The maximum atomic E-state index is 12.3. The van der Waals surface area contributed by atoms with Crippen molar-refractivity contribution in [3.05, 3.63) is 12.2 Å². The van der Waals surface area contributed by atoms with Gasteiger partial charge in [-0.1, -0.05) is 19.3 Å². The van der Waals surface area contributed by atoms with E-state index in [1.54, 1.807) is 4.68 Å². The highest BCUT2D eigenvalue weighted by molar-refractivity contribution is 5.93. The van der Waals surface area contributed by atoms with E-state index in [0.29, 0.717) is 25.3 Å². The molecule has 0 aliphatic heterocycles. The highest BCUT2D eigenvalue weighted by Gasteiger charge is 2.34.